The van der Waals surface area contributed by atoms with Gasteiger partial charge in [0.1, 0.15) is 0 Å². The number of hydrogen-bond acceptors (Lipinski definition) is 1. The van der Waals surface area contributed by atoms with Gasteiger partial charge in [0.05, 0.1) is 57.2 Å². The average molecular weight is 907 g/mol. The van der Waals surface area contributed by atoms with Crippen LogP contribution in [0.1, 0.15) is 11.1 Å². The summed E-state index contributed by atoms with van der Waals surface area (Å²) in [7, 11) is 0. The number of fused-ring (bicyclic) bond motifs is 6. The van der Waals surface area contributed by atoms with Crippen LogP contribution >= 0.6 is 0 Å². The Morgan fingerprint density at radius 2 is 0.743 bits per heavy atom. The van der Waals surface area contributed by atoms with Gasteiger partial charge in [-0.25, -0.2) is 4.85 Å². The molecule has 7 heteroatoms. The first-order chi connectivity index (χ1) is 34.2. The smallest absolute Gasteiger partial charge is 0.308 e. The van der Waals surface area contributed by atoms with E-state index in [1.807, 2.05) is 78.9 Å². The highest BCUT2D eigenvalue weighted by molar-refractivity contribution is 6.14. The number of halogens is 3. The van der Waals surface area contributed by atoms with Gasteiger partial charge in [-0.1, -0.05) is 176 Å². The molecule has 0 amide bonds. The number of rotatable bonds is 7. The summed E-state index contributed by atoms with van der Waals surface area (Å²) in [6, 6.07) is 75.0. The lowest BCUT2D eigenvalue weighted by atomic mass is 9.94. The van der Waals surface area contributed by atoms with Crippen LogP contribution in [-0.2, 0) is 6.18 Å². The van der Waals surface area contributed by atoms with Crippen LogP contribution < -0.4 is 0 Å². The summed E-state index contributed by atoms with van der Waals surface area (Å²) in [5.41, 5.74) is 11.3. The second kappa shape index (κ2) is 16.7. The van der Waals surface area contributed by atoms with Gasteiger partial charge in [0.25, 0.3) is 0 Å². The van der Waals surface area contributed by atoms with Gasteiger partial charge in [0.15, 0.2) is 5.69 Å². The SMILES string of the molecule is [C-]#[N+]c1cc(-n2c3cc(-c4ccccc4)ccc3c3ccc(-c4ccccc4)cc32)c(-n2c3cc(-c4ccccc4)ccc3c3ccc(-c4ccccc4)cc32)cc1-c1ccc(C#N)cc1C(F)(F)F. The molecular weight excluding hydrogens is 870 g/mol. The second-order valence-electron chi connectivity index (χ2n) is 17.4. The molecule has 0 aliphatic heterocycles. The molecule has 0 fully saturated rings. The summed E-state index contributed by atoms with van der Waals surface area (Å²) in [5.74, 6) is 0. The van der Waals surface area contributed by atoms with Crippen molar-refractivity contribution in [2.45, 2.75) is 6.18 Å². The van der Waals surface area contributed by atoms with Crippen molar-refractivity contribution < 1.29 is 13.2 Å². The molecule has 0 bridgehead atoms. The van der Waals surface area contributed by atoms with Crippen LogP contribution in [0.3, 0.4) is 0 Å². The van der Waals surface area contributed by atoms with E-state index in [1.165, 1.54) is 12.1 Å². The van der Waals surface area contributed by atoms with E-state index in [0.717, 1.165) is 94.2 Å². The third kappa shape index (κ3) is 7.08. The molecule has 0 saturated heterocycles. The largest absolute Gasteiger partial charge is 0.417 e. The van der Waals surface area contributed by atoms with E-state index >= 15 is 13.2 Å². The van der Waals surface area contributed by atoms with Crippen LogP contribution in [0.15, 0.2) is 224 Å². The quantitative estimate of drug-likeness (QED) is 0.147. The van der Waals surface area contributed by atoms with Gasteiger partial charge >= 0.3 is 6.18 Å². The Bertz CT molecular complexity index is 3910. The first-order valence-electron chi connectivity index (χ1n) is 22.8. The van der Waals surface area contributed by atoms with Gasteiger partial charge in [-0.05, 0) is 104 Å². The maximum absolute atomic E-state index is 15.3. The highest BCUT2D eigenvalue weighted by atomic mass is 19.4. The molecule has 0 aliphatic carbocycles. The van der Waals surface area contributed by atoms with E-state index < -0.39 is 11.7 Å². The fourth-order valence-corrected chi connectivity index (χ4v) is 10.1. The Kier molecular flexibility index (Phi) is 10.0. The van der Waals surface area contributed by atoms with Gasteiger partial charge < -0.3 is 9.13 Å². The van der Waals surface area contributed by atoms with Gasteiger partial charge in [0, 0.05) is 21.5 Å². The lowest BCUT2D eigenvalue weighted by molar-refractivity contribution is -0.137. The molecule has 0 spiro atoms. The topological polar surface area (TPSA) is 38.0 Å². The summed E-state index contributed by atoms with van der Waals surface area (Å²) in [6.07, 6.45) is -4.84. The minimum absolute atomic E-state index is 0.0260. The molecule has 70 heavy (non-hydrogen) atoms. The normalized spacial score (nSPS) is 11.6. The van der Waals surface area contributed by atoms with Crippen molar-refractivity contribution in [2.24, 2.45) is 0 Å². The Hall–Kier alpha value is -9.43. The summed E-state index contributed by atoms with van der Waals surface area (Å²) in [6.45, 7) is 8.71. The number of alkyl halides is 3. The van der Waals surface area contributed by atoms with Crippen molar-refractivity contribution in [1.29, 1.82) is 5.26 Å². The molecule has 2 heterocycles. The van der Waals surface area contributed by atoms with Crippen molar-refractivity contribution in [3.8, 4) is 73.1 Å². The maximum Gasteiger partial charge on any atom is 0.417 e. The molecule has 0 N–H and O–H groups in total. The predicted octanol–water partition coefficient (Wildman–Crippen LogP) is 17.7. The maximum atomic E-state index is 15.3. The van der Waals surface area contributed by atoms with Crippen LogP contribution in [-0.4, -0.2) is 9.13 Å². The molecule has 0 aliphatic rings. The number of aromatic nitrogens is 2. The lowest BCUT2D eigenvalue weighted by Gasteiger charge is -2.21. The van der Waals surface area contributed by atoms with Gasteiger partial charge in [-0.2, -0.15) is 18.4 Å². The minimum Gasteiger partial charge on any atom is -0.308 e. The second-order valence-corrected chi connectivity index (χ2v) is 17.4. The molecule has 0 atom stereocenters. The number of nitriles is 1. The predicted molar refractivity (Wildman–Crippen MR) is 278 cm³/mol. The van der Waals surface area contributed by atoms with Crippen molar-refractivity contribution >= 4 is 49.3 Å². The fourth-order valence-electron chi connectivity index (χ4n) is 10.1. The standard InChI is InChI=1S/C63H37F3N4/c1-68-56-38-62(70-59-35-47(43-18-10-4-11-19-43)25-30-52(59)53-31-26-48(36-60(53)70)44-20-12-5-13-21-44)61(37-54(56)49-27-22-40(39-67)32-55(49)63(64,65)66)69-57-33-45(41-14-6-2-7-15-41)23-28-50(57)51-29-24-46(34-58(51)69)42-16-8-3-9-17-42/h2-38H. The first-order valence-corrected chi connectivity index (χ1v) is 22.8. The third-order valence-corrected chi connectivity index (χ3v) is 13.4. The Balaban J connectivity index is 1.28. The third-order valence-electron chi connectivity index (χ3n) is 13.4. The van der Waals surface area contributed by atoms with E-state index in [2.05, 4.69) is 135 Å². The summed E-state index contributed by atoms with van der Waals surface area (Å²) in [4.78, 5) is 4.02. The van der Waals surface area contributed by atoms with Gasteiger partial charge in [-0.3, -0.25) is 0 Å². The molecular formula is C63H37F3N4. The van der Waals surface area contributed by atoms with Crippen molar-refractivity contribution in [3.05, 3.63) is 247 Å². The zero-order valence-corrected chi connectivity index (χ0v) is 37.3. The van der Waals surface area contributed by atoms with E-state index in [1.54, 1.807) is 12.1 Å². The Morgan fingerprint density at radius 3 is 1.07 bits per heavy atom. The highest BCUT2D eigenvalue weighted by Gasteiger charge is 2.35. The minimum atomic E-state index is -4.84. The Morgan fingerprint density at radius 1 is 0.386 bits per heavy atom. The molecule has 0 saturated carbocycles. The van der Waals surface area contributed by atoms with Crippen LogP contribution in [0.2, 0.25) is 0 Å². The van der Waals surface area contributed by atoms with Crippen LogP contribution in [0, 0.1) is 17.9 Å². The van der Waals surface area contributed by atoms with E-state index in [4.69, 9.17) is 6.57 Å². The molecule has 0 unspecified atom stereocenters. The molecule has 2 aromatic heterocycles. The van der Waals surface area contributed by atoms with Crippen LogP contribution in [0.5, 0.6) is 0 Å². The number of benzene rings is 10. The van der Waals surface area contributed by atoms with Gasteiger partial charge in [0.2, 0.25) is 0 Å². The molecule has 4 nitrogen and oxygen atoms in total. The highest BCUT2D eigenvalue weighted by Crippen LogP contribution is 2.48. The van der Waals surface area contributed by atoms with Crippen LogP contribution in [0.4, 0.5) is 18.9 Å². The molecule has 330 valence electrons. The van der Waals surface area contributed by atoms with E-state index in [9.17, 15) is 5.26 Å². The number of hydrogen-bond donors (Lipinski definition) is 0. The van der Waals surface area contributed by atoms with E-state index in [-0.39, 0.29) is 22.4 Å². The lowest BCUT2D eigenvalue weighted by Crippen LogP contribution is -2.09. The molecule has 12 rings (SSSR count). The fraction of sp³-hybridized carbons (Fsp3) is 0.0159. The first kappa shape index (κ1) is 42.0. The Labute approximate surface area is 401 Å². The van der Waals surface area contributed by atoms with Gasteiger partial charge in [-0.15, -0.1) is 0 Å². The number of nitrogens with zero attached hydrogens (tertiary/aromatic N) is 4. The zero-order chi connectivity index (χ0) is 47.5. The zero-order valence-electron chi connectivity index (χ0n) is 37.3. The van der Waals surface area contributed by atoms with Crippen molar-refractivity contribution in [3.63, 3.8) is 0 Å². The summed E-state index contributed by atoms with van der Waals surface area (Å²) < 4.78 is 50.2. The van der Waals surface area contributed by atoms with Crippen LogP contribution in [0.25, 0.3) is 115 Å². The van der Waals surface area contributed by atoms with Crippen molar-refractivity contribution in [1.82, 2.24) is 9.13 Å². The molecule has 10 aromatic carbocycles. The molecule has 12 aromatic rings. The molecule has 0 radical (unpaired) electrons. The summed E-state index contributed by atoms with van der Waals surface area (Å²) >= 11 is 0. The average Bonchev–Trinajstić information content (AvgIpc) is 3.92. The van der Waals surface area contributed by atoms with Crippen molar-refractivity contribution in [2.75, 3.05) is 0 Å². The van der Waals surface area contributed by atoms with E-state index in [0.29, 0.717) is 11.4 Å². The summed E-state index contributed by atoms with van der Waals surface area (Å²) in [5, 5.41) is 13.6. The monoisotopic (exact) mass is 906 g/mol.